The third-order valence-electron chi connectivity index (χ3n) is 6.04. The summed E-state index contributed by atoms with van der Waals surface area (Å²) in [5.74, 6) is 0.103. The fourth-order valence-electron chi connectivity index (χ4n) is 3.98. The molecule has 0 saturated heterocycles. The first-order valence-corrected chi connectivity index (χ1v) is 15.3. The number of amides is 1. The summed E-state index contributed by atoms with van der Waals surface area (Å²) in [6.07, 6.45) is 11.8. The van der Waals surface area contributed by atoms with Gasteiger partial charge in [0.05, 0.1) is 16.5 Å². The number of benzene rings is 2. The Labute approximate surface area is 232 Å². The summed E-state index contributed by atoms with van der Waals surface area (Å²) < 4.78 is 33.8. The molecule has 0 fully saturated rings. The number of carbonyl (C=O) groups excluding carboxylic acids is 1. The van der Waals surface area contributed by atoms with Crippen LogP contribution in [0.4, 0.5) is 10.8 Å². The molecule has 0 atom stereocenters. The Morgan fingerprint density at radius 2 is 1.82 bits per heavy atom. The molecule has 2 aromatic heterocycles. The molecule has 4 N–H and O–H groups in total. The van der Waals surface area contributed by atoms with E-state index < -0.39 is 10.1 Å². The lowest BCUT2D eigenvalue weighted by Gasteiger charge is -2.09. The number of aryl methyl sites for hydroxylation is 1. The molecule has 4 aromatic rings. The monoisotopic (exact) mass is 570 g/mol. The summed E-state index contributed by atoms with van der Waals surface area (Å²) >= 11 is 1.28. The van der Waals surface area contributed by atoms with Crippen LogP contribution in [0.2, 0.25) is 0 Å². The Morgan fingerprint density at radius 3 is 2.59 bits per heavy atom. The zero-order valence-electron chi connectivity index (χ0n) is 21.7. The third-order valence-corrected chi connectivity index (χ3v) is 8.24. The summed E-state index contributed by atoms with van der Waals surface area (Å²) in [4.78, 5) is 20.8. The van der Waals surface area contributed by atoms with E-state index in [1.807, 2.05) is 10.8 Å². The van der Waals surface area contributed by atoms with Crippen molar-refractivity contribution in [1.29, 1.82) is 0 Å². The minimum absolute atomic E-state index is 0.0619. The lowest BCUT2D eigenvalue weighted by atomic mass is 10.1. The third kappa shape index (κ3) is 8.77. The summed E-state index contributed by atoms with van der Waals surface area (Å²) in [5, 5.41) is 6.60. The largest absolute Gasteiger partial charge is 0.385 e. The molecule has 0 aliphatic rings. The van der Waals surface area contributed by atoms with Crippen LogP contribution < -0.4 is 20.6 Å². The number of anilines is 2. The van der Waals surface area contributed by atoms with Gasteiger partial charge in [-0.25, -0.2) is 9.97 Å². The van der Waals surface area contributed by atoms with E-state index in [1.54, 1.807) is 42.9 Å². The number of hydrogen-bond acceptors (Lipinski definition) is 9. The second kappa shape index (κ2) is 14.1. The van der Waals surface area contributed by atoms with E-state index in [-0.39, 0.29) is 16.6 Å². The molecule has 10 nitrogen and oxygen atoms in total. The van der Waals surface area contributed by atoms with E-state index in [1.165, 1.54) is 23.5 Å². The number of thiazole rings is 1. The Morgan fingerprint density at radius 1 is 1.03 bits per heavy atom. The minimum atomic E-state index is -4.02. The van der Waals surface area contributed by atoms with Crippen LogP contribution in [0, 0.1) is 0 Å². The summed E-state index contributed by atoms with van der Waals surface area (Å²) in [6.45, 7) is 2.30. The predicted octanol–water partition coefficient (Wildman–Crippen LogP) is 5.00. The zero-order valence-corrected chi connectivity index (χ0v) is 23.3. The van der Waals surface area contributed by atoms with Crippen molar-refractivity contribution in [2.75, 3.05) is 23.7 Å². The van der Waals surface area contributed by atoms with Crippen LogP contribution in [0.25, 0.3) is 10.2 Å². The number of unbranched alkanes of at least 4 members (excludes halogenated alkanes) is 4. The number of imidazole rings is 1. The normalized spacial score (nSPS) is 11.5. The molecule has 0 radical (unpaired) electrons. The van der Waals surface area contributed by atoms with Gasteiger partial charge >= 0.3 is 10.1 Å². The highest BCUT2D eigenvalue weighted by Crippen LogP contribution is 2.31. The van der Waals surface area contributed by atoms with Gasteiger partial charge in [-0.3, -0.25) is 4.79 Å². The standard InChI is InChI=1S/C27H34N6O4S2/c28-14-5-3-1-2-4-7-26(34)32-27-31-24-13-10-22(19-25(24)38-27)37-39(35,36)23-11-8-21(9-12-23)30-15-6-17-33-18-16-29-20-33/h8-13,16,18-20,30H,1-7,14-15,17,28H2,(H,31,32,34). The van der Waals surface area contributed by atoms with Crippen LogP contribution in [0.1, 0.15) is 44.9 Å². The maximum absolute atomic E-state index is 12.8. The van der Waals surface area contributed by atoms with Gasteiger partial charge < -0.3 is 25.1 Å². The van der Waals surface area contributed by atoms with Crippen molar-refractivity contribution in [2.45, 2.75) is 56.4 Å². The van der Waals surface area contributed by atoms with E-state index in [4.69, 9.17) is 9.92 Å². The van der Waals surface area contributed by atoms with E-state index >= 15 is 0 Å². The number of carbonyl (C=O) groups is 1. The molecule has 4 rings (SSSR count). The topological polar surface area (TPSA) is 141 Å². The van der Waals surface area contributed by atoms with Gasteiger partial charge in [-0.2, -0.15) is 8.42 Å². The Bertz CT molecular complexity index is 1440. The molecule has 12 heteroatoms. The summed E-state index contributed by atoms with van der Waals surface area (Å²) in [6, 6.07) is 11.3. The van der Waals surface area contributed by atoms with E-state index in [2.05, 4.69) is 20.6 Å². The van der Waals surface area contributed by atoms with E-state index in [0.29, 0.717) is 23.6 Å². The highest BCUT2D eigenvalue weighted by atomic mass is 32.2. The molecule has 1 amide bonds. The van der Waals surface area contributed by atoms with Crippen LogP contribution in [-0.4, -0.2) is 41.9 Å². The van der Waals surface area contributed by atoms with Crippen molar-refractivity contribution in [3.8, 4) is 5.75 Å². The minimum Gasteiger partial charge on any atom is -0.385 e. The first kappa shape index (κ1) is 28.5. The number of rotatable bonds is 16. The maximum Gasteiger partial charge on any atom is 0.339 e. The van der Waals surface area contributed by atoms with Crippen LogP contribution in [0.3, 0.4) is 0 Å². The SMILES string of the molecule is NCCCCCCCC(=O)Nc1nc2ccc(OS(=O)(=O)c3ccc(NCCCn4ccnc4)cc3)cc2s1. The molecule has 0 aliphatic carbocycles. The number of nitrogens with two attached hydrogens (primary N) is 1. The second-order valence-corrected chi connectivity index (χ2v) is 11.7. The molecule has 0 bridgehead atoms. The Hall–Kier alpha value is -3.48. The maximum atomic E-state index is 12.8. The number of nitrogens with one attached hydrogen (secondary N) is 2. The average Bonchev–Trinajstić information content (AvgIpc) is 3.58. The molecule has 0 spiro atoms. The van der Waals surface area contributed by atoms with Crippen molar-refractivity contribution >= 4 is 48.4 Å². The first-order chi connectivity index (χ1) is 18.9. The van der Waals surface area contributed by atoms with Gasteiger partial charge in [0.25, 0.3) is 0 Å². The van der Waals surface area contributed by atoms with Crippen LogP contribution in [-0.2, 0) is 21.5 Å². The van der Waals surface area contributed by atoms with Gasteiger partial charge in [0.1, 0.15) is 10.6 Å². The molecular formula is C27H34N6O4S2. The number of aromatic nitrogens is 3. The van der Waals surface area contributed by atoms with Gasteiger partial charge in [-0.1, -0.05) is 30.6 Å². The first-order valence-electron chi connectivity index (χ1n) is 13.1. The van der Waals surface area contributed by atoms with E-state index in [0.717, 1.165) is 62.0 Å². The second-order valence-electron chi connectivity index (χ2n) is 9.15. The van der Waals surface area contributed by atoms with Crippen molar-refractivity contribution in [2.24, 2.45) is 5.73 Å². The number of hydrogen-bond donors (Lipinski definition) is 3. The molecule has 0 unspecified atom stereocenters. The number of nitrogens with zero attached hydrogens (tertiary/aromatic N) is 3. The fraction of sp³-hybridized carbons (Fsp3) is 0.370. The smallest absolute Gasteiger partial charge is 0.339 e. The Balaban J connectivity index is 1.27. The van der Waals surface area contributed by atoms with Crippen LogP contribution in [0.5, 0.6) is 5.75 Å². The van der Waals surface area contributed by atoms with Crippen LogP contribution in [0.15, 0.2) is 66.1 Å². The molecule has 39 heavy (non-hydrogen) atoms. The zero-order chi connectivity index (χ0) is 27.5. The van der Waals surface area contributed by atoms with Crippen molar-refractivity contribution in [3.63, 3.8) is 0 Å². The quantitative estimate of drug-likeness (QED) is 0.126. The predicted molar refractivity (Wildman–Crippen MR) is 155 cm³/mol. The molecule has 208 valence electrons. The molecule has 2 heterocycles. The lowest BCUT2D eigenvalue weighted by molar-refractivity contribution is -0.116. The van der Waals surface area contributed by atoms with Crippen molar-refractivity contribution in [3.05, 3.63) is 61.2 Å². The van der Waals surface area contributed by atoms with Gasteiger partial charge in [0.2, 0.25) is 5.91 Å². The molecule has 0 saturated carbocycles. The van der Waals surface area contributed by atoms with E-state index in [9.17, 15) is 13.2 Å². The summed E-state index contributed by atoms with van der Waals surface area (Å²) in [5.41, 5.74) is 6.98. The molecule has 2 aromatic carbocycles. The Kier molecular flexibility index (Phi) is 10.3. The van der Waals surface area contributed by atoms with Crippen LogP contribution >= 0.6 is 11.3 Å². The van der Waals surface area contributed by atoms with Gasteiger partial charge in [-0.15, -0.1) is 0 Å². The van der Waals surface area contributed by atoms with Gasteiger partial charge in [0, 0.05) is 43.7 Å². The number of fused-ring (bicyclic) bond motifs is 1. The fourth-order valence-corrected chi connectivity index (χ4v) is 5.81. The van der Waals surface area contributed by atoms with Gasteiger partial charge in [0.15, 0.2) is 5.13 Å². The average molecular weight is 571 g/mol. The lowest BCUT2D eigenvalue weighted by Crippen LogP contribution is -2.10. The van der Waals surface area contributed by atoms with Crippen molar-refractivity contribution in [1.82, 2.24) is 14.5 Å². The highest BCUT2D eigenvalue weighted by Gasteiger charge is 2.18. The van der Waals surface area contributed by atoms with Gasteiger partial charge in [-0.05, 0) is 62.2 Å². The van der Waals surface area contributed by atoms with Crippen molar-refractivity contribution < 1.29 is 17.4 Å². The molecule has 0 aliphatic heterocycles. The summed E-state index contributed by atoms with van der Waals surface area (Å²) in [7, 11) is -4.02. The molecular weight excluding hydrogens is 536 g/mol. The highest BCUT2D eigenvalue weighted by molar-refractivity contribution is 7.87.